The number of unbranched alkanes of at least 4 members (excludes halogenated alkanes) is 3. The van der Waals surface area contributed by atoms with Crippen LogP contribution in [0, 0.1) is 0 Å². The van der Waals surface area contributed by atoms with E-state index in [1.54, 1.807) is 0 Å². The molecule has 3 heteroatoms. The van der Waals surface area contributed by atoms with Gasteiger partial charge in [-0.05, 0) is 12.8 Å². The number of carboxylic acids is 1. The predicted octanol–water partition coefficient (Wildman–Crippen LogP) is 1.68. The number of hydrogen-bond donors (Lipinski definition) is 1. The van der Waals surface area contributed by atoms with Crippen molar-refractivity contribution in [3.63, 3.8) is 0 Å². The van der Waals surface area contributed by atoms with Gasteiger partial charge in [0.15, 0.2) is 0 Å². The zero-order valence-electron chi connectivity index (χ0n) is 7.10. The van der Waals surface area contributed by atoms with Crippen LogP contribution in [0.5, 0.6) is 0 Å². The van der Waals surface area contributed by atoms with Crippen LogP contribution in [0.4, 0.5) is 0 Å². The molecule has 0 unspecified atom stereocenters. The molecule has 0 fully saturated rings. The fourth-order valence-electron chi connectivity index (χ4n) is 0.872. The zero-order chi connectivity index (χ0) is 8.69. The Morgan fingerprint density at radius 1 is 1.33 bits per heavy atom. The van der Waals surface area contributed by atoms with Crippen molar-refractivity contribution in [3.8, 4) is 0 Å². The third-order valence-electron chi connectivity index (χ3n) is 1.63. The van der Waals surface area contributed by atoms with E-state index in [4.69, 9.17) is 5.11 Å². The van der Waals surface area contributed by atoms with Gasteiger partial charge in [-0.15, -0.1) is 0 Å². The summed E-state index contributed by atoms with van der Waals surface area (Å²) in [7, 11) is 0. The second-order valence-electron chi connectivity index (χ2n) is 2.72. The highest BCUT2D eigenvalue weighted by molar-refractivity contribution is 5.85. The van der Waals surface area contributed by atoms with Crippen LogP contribution in [0.25, 0.3) is 0 Å². The normalized spacial score (nSPS) is 8.75. The second-order valence-corrected chi connectivity index (χ2v) is 2.72. The fourth-order valence-corrected chi connectivity index (χ4v) is 0.872. The van der Waals surface area contributed by atoms with Gasteiger partial charge >= 0.3 is 29.0 Å². The van der Waals surface area contributed by atoms with Gasteiger partial charge in [0.05, 0.1) is 0 Å². The molecule has 0 aliphatic carbocycles. The lowest BCUT2D eigenvalue weighted by molar-refractivity contribution is -0.132. The summed E-state index contributed by atoms with van der Waals surface area (Å²) < 4.78 is 0. The lowest BCUT2D eigenvalue weighted by Crippen LogP contribution is -1.98. The van der Waals surface area contributed by atoms with Gasteiger partial charge in [-0.2, -0.15) is 0 Å². The predicted molar refractivity (Wildman–Crippen MR) is 54.1 cm³/mol. The molecule has 0 aliphatic heterocycles. The van der Waals surface area contributed by atoms with Crippen molar-refractivity contribution in [1.82, 2.24) is 0 Å². The molecule has 0 bridgehead atoms. The summed E-state index contributed by atoms with van der Waals surface area (Å²) in [6.45, 7) is 5.58. The summed E-state index contributed by atoms with van der Waals surface area (Å²) in [5, 5.41) is 8.44. The monoisotopic (exact) mass is 182 g/mol. The SMILES string of the molecule is C=C(CCCCCC)C(=O)O.[MgH2]. The first-order valence-corrected chi connectivity index (χ1v) is 4.09. The minimum Gasteiger partial charge on any atom is -0.478 e. The van der Waals surface area contributed by atoms with Crippen LogP contribution in [-0.4, -0.2) is 34.1 Å². The van der Waals surface area contributed by atoms with Crippen molar-refractivity contribution >= 4 is 29.0 Å². The Bertz CT molecular complexity index is 143. The number of carbonyl (C=O) groups is 1. The van der Waals surface area contributed by atoms with Gasteiger partial charge in [0.2, 0.25) is 0 Å². The molecule has 0 rings (SSSR count). The number of aliphatic carboxylic acids is 1. The van der Waals surface area contributed by atoms with Gasteiger partial charge in [-0.25, -0.2) is 4.79 Å². The van der Waals surface area contributed by atoms with E-state index in [1.807, 2.05) is 0 Å². The van der Waals surface area contributed by atoms with Gasteiger partial charge in [-0.1, -0.05) is 32.8 Å². The van der Waals surface area contributed by atoms with Crippen LogP contribution in [0.1, 0.15) is 39.0 Å². The molecular formula is C9H18MgO2. The zero-order valence-corrected chi connectivity index (χ0v) is 7.10. The molecule has 2 nitrogen and oxygen atoms in total. The maximum Gasteiger partial charge on any atom is 0.330 e. The van der Waals surface area contributed by atoms with Gasteiger partial charge in [0, 0.05) is 5.57 Å². The van der Waals surface area contributed by atoms with E-state index >= 15 is 0 Å². The van der Waals surface area contributed by atoms with E-state index in [2.05, 4.69) is 13.5 Å². The standard InChI is InChI=1S/C9H16O2.Mg.2H/c1-3-4-5-6-7-8(2)9(10)11;;;/h2-7H2,1H3,(H,10,11);;;. The molecule has 1 N–H and O–H groups in total. The smallest absolute Gasteiger partial charge is 0.330 e. The van der Waals surface area contributed by atoms with Crippen molar-refractivity contribution in [3.05, 3.63) is 12.2 Å². The van der Waals surface area contributed by atoms with Gasteiger partial charge in [-0.3, -0.25) is 0 Å². The lowest BCUT2D eigenvalue weighted by Gasteiger charge is -1.98. The van der Waals surface area contributed by atoms with E-state index in [-0.39, 0.29) is 23.1 Å². The molecule has 0 saturated heterocycles. The van der Waals surface area contributed by atoms with Crippen molar-refractivity contribution in [1.29, 1.82) is 0 Å². The number of carboxylic acid groups (broad SMARTS) is 1. The van der Waals surface area contributed by atoms with Crippen molar-refractivity contribution < 1.29 is 9.90 Å². The minimum absolute atomic E-state index is 0. The highest BCUT2D eigenvalue weighted by Gasteiger charge is 2.01. The molecule has 68 valence electrons. The number of rotatable bonds is 6. The van der Waals surface area contributed by atoms with Crippen molar-refractivity contribution in [2.24, 2.45) is 0 Å². The van der Waals surface area contributed by atoms with E-state index in [0.29, 0.717) is 12.0 Å². The summed E-state index contributed by atoms with van der Waals surface area (Å²) in [4.78, 5) is 10.3. The Morgan fingerprint density at radius 2 is 1.92 bits per heavy atom. The quantitative estimate of drug-likeness (QED) is 0.386. The summed E-state index contributed by atoms with van der Waals surface area (Å²) in [5.41, 5.74) is 0.334. The summed E-state index contributed by atoms with van der Waals surface area (Å²) in [5.74, 6) is -0.860. The van der Waals surface area contributed by atoms with E-state index in [1.165, 1.54) is 12.8 Å². The van der Waals surface area contributed by atoms with Gasteiger partial charge in [0.1, 0.15) is 0 Å². The average Bonchev–Trinajstić information content (AvgIpc) is 1.97. The molecular weight excluding hydrogens is 164 g/mol. The Hall–Kier alpha value is -0.0238. The highest BCUT2D eigenvalue weighted by atomic mass is 24.3. The Balaban J connectivity index is 0. The molecule has 0 spiro atoms. The summed E-state index contributed by atoms with van der Waals surface area (Å²) in [6.07, 6.45) is 5.07. The van der Waals surface area contributed by atoms with Crippen LogP contribution in [0.15, 0.2) is 12.2 Å². The van der Waals surface area contributed by atoms with E-state index < -0.39 is 5.97 Å². The minimum atomic E-state index is -0.860. The van der Waals surface area contributed by atoms with Gasteiger partial charge < -0.3 is 5.11 Å². The Labute approximate surface area is 90.2 Å². The molecule has 0 radical (unpaired) electrons. The maximum absolute atomic E-state index is 10.3. The largest absolute Gasteiger partial charge is 0.478 e. The first kappa shape index (κ1) is 14.5. The lowest BCUT2D eigenvalue weighted by atomic mass is 10.1. The van der Waals surface area contributed by atoms with Crippen LogP contribution in [-0.2, 0) is 4.79 Å². The van der Waals surface area contributed by atoms with Crippen LogP contribution in [0.3, 0.4) is 0 Å². The maximum atomic E-state index is 10.3. The summed E-state index contributed by atoms with van der Waals surface area (Å²) >= 11 is 0. The Kier molecular flexibility index (Phi) is 11.0. The molecule has 12 heavy (non-hydrogen) atoms. The molecule has 0 aromatic carbocycles. The Morgan fingerprint density at radius 3 is 2.33 bits per heavy atom. The fraction of sp³-hybridized carbons (Fsp3) is 0.667. The molecule has 0 aliphatic rings. The third kappa shape index (κ3) is 8.08. The molecule has 0 aromatic heterocycles. The average molecular weight is 183 g/mol. The highest BCUT2D eigenvalue weighted by Crippen LogP contribution is 2.07. The second kappa shape index (κ2) is 9.07. The molecule has 0 amide bonds. The molecule has 0 atom stereocenters. The van der Waals surface area contributed by atoms with Crippen LogP contribution < -0.4 is 0 Å². The van der Waals surface area contributed by atoms with Crippen molar-refractivity contribution in [2.75, 3.05) is 0 Å². The molecule has 0 saturated carbocycles. The molecule has 0 heterocycles. The van der Waals surface area contributed by atoms with Crippen LogP contribution in [0.2, 0.25) is 0 Å². The summed E-state index contributed by atoms with van der Waals surface area (Å²) in [6, 6.07) is 0. The van der Waals surface area contributed by atoms with E-state index in [9.17, 15) is 4.79 Å². The van der Waals surface area contributed by atoms with Gasteiger partial charge in [0.25, 0.3) is 0 Å². The molecule has 0 aromatic rings. The third-order valence-corrected chi connectivity index (χ3v) is 1.63. The first-order chi connectivity index (χ1) is 5.18. The van der Waals surface area contributed by atoms with Crippen molar-refractivity contribution in [2.45, 2.75) is 39.0 Å². The van der Waals surface area contributed by atoms with E-state index in [0.717, 1.165) is 12.8 Å². The number of hydrogen-bond acceptors (Lipinski definition) is 1. The first-order valence-electron chi connectivity index (χ1n) is 4.09. The van der Waals surface area contributed by atoms with Crippen LogP contribution >= 0.6 is 0 Å². The topological polar surface area (TPSA) is 37.3 Å².